The molecule has 28 heavy (non-hydrogen) atoms. The van der Waals surface area contributed by atoms with Crippen molar-refractivity contribution in [2.45, 2.75) is 46.6 Å². The number of carbonyl (C=O) groups excluding carboxylic acids is 2. The van der Waals surface area contributed by atoms with Crippen LogP contribution in [0.2, 0.25) is 0 Å². The molecule has 2 saturated heterocycles. The normalized spacial score (nSPS) is 18.9. The molecule has 2 aromatic rings. The maximum Gasteiger partial charge on any atom is 0.253 e. The van der Waals surface area contributed by atoms with E-state index in [1.807, 2.05) is 54.8 Å². The van der Waals surface area contributed by atoms with Gasteiger partial charge in [0, 0.05) is 42.6 Å². The Morgan fingerprint density at radius 1 is 1.14 bits per heavy atom. The van der Waals surface area contributed by atoms with Crippen LogP contribution in [0, 0.1) is 26.2 Å². The lowest BCUT2D eigenvalue weighted by atomic mass is 9.77. The third kappa shape index (κ3) is 3.43. The third-order valence-electron chi connectivity index (χ3n) is 6.35. The number of likely N-dealkylation sites (tertiary alicyclic amines) is 2. The van der Waals surface area contributed by atoms with Crippen molar-refractivity contribution >= 4 is 11.8 Å². The Kier molecular flexibility index (Phi) is 4.73. The number of nitrogens with zero attached hydrogens (tertiary/aromatic N) is 3. The second-order valence-corrected chi connectivity index (χ2v) is 8.39. The van der Waals surface area contributed by atoms with Crippen molar-refractivity contribution in [1.82, 2.24) is 15.0 Å². The van der Waals surface area contributed by atoms with Crippen molar-refractivity contribution in [3.8, 4) is 0 Å². The van der Waals surface area contributed by atoms with Crippen LogP contribution in [0.1, 0.15) is 52.2 Å². The molecule has 2 aliphatic rings. The molecule has 2 fully saturated rings. The lowest BCUT2D eigenvalue weighted by molar-refractivity contribution is -0.128. The Morgan fingerprint density at radius 3 is 2.43 bits per heavy atom. The van der Waals surface area contributed by atoms with E-state index in [4.69, 9.17) is 4.52 Å². The van der Waals surface area contributed by atoms with E-state index in [1.165, 1.54) is 0 Å². The molecule has 148 valence electrons. The number of benzene rings is 1. The highest BCUT2D eigenvalue weighted by Crippen LogP contribution is 2.42. The van der Waals surface area contributed by atoms with Crippen LogP contribution in [0.3, 0.4) is 0 Å². The standard InChI is InChI=1S/C22H27N3O3/c1-15-4-6-18(7-5-15)21(27)24-10-8-22(9-11-24)12-20(26)25(14-22)13-19-16(2)23-28-17(19)3/h4-7H,8-14H2,1-3H3. The molecule has 0 bridgehead atoms. The number of aromatic nitrogens is 1. The monoisotopic (exact) mass is 381 g/mol. The van der Waals surface area contributed by atoms with Crippen molar-refractivity contribution < 1.29 is 14.1 Å². The summed E-state index contributed by atoms with van der Waals surface area (Å²) >= 11 is 0. The minimum absolute atomic E-state index is 0.0138. The molecule has 1 spiro atoms. The molecule has 6 heteroatoms. The fraction of sp³-hybridized carbons (Fsp3) is 0.500. The molecule has 0 N–H and O–H groups in total. The van der Waals surface area contributed by atoms with Gasteiger partial charge >= 0.3 is 0 Å². The van der Waals surface area contributed by atoms with E-state index in [1.54, 1.807) is 0 Å². The van der Waals surface area contributed by atoms with Gasteiger partial charge in [-0.05, 0) is 45.7 Å². The summed E-state index contributed by atoms with van der Waals surface area (Å²) in [6.45, 7) is 8.55. The Hall–Kier alpha value is -2.63. The number of amides is 2. The molecule has 4 rings (SSSR count). The first-order valence-corrected chi connectivity index (χ1v) is 9.92. The van der Waals surface area contributed by atoms with Crippen molar-refractivity contribution in [1.29, 1.82) is 0 Å². The van der Waals surface area contributed by atoms with Gasteiger partial charge in [-0.15, -0.1) is 0 Å². The Balaban J connectivity index is 1.39. The molecule has 2 aliphatic heterocycles. The van der Waals surface area contributed by atoms with E-state index >= 15 is 0 Å². The fourth-order valence-corrected chi connectivity index (χ4v) is 4.44. The van der Waals surface area contributed by atoms with Crippen LogP contribution in [0.15, 0.2) is 28.8 Å². The Labute approximate surface area is 165 Å². The maximum absolute atomic E-state index is 12.8. The summed E-state index contributed by atoms with van der Waals surface area (Å²) in [5.74, 6) is 1.06. The first-order chi connectivity index (χ1) is 13.4. The average molecular weight is 381 g/mol. The number of rotatable bonds is 3. The quantitative estimate of drug-likeness (QED) is 0.819. The van der Waals surface area contributed by atoms with Crippen LogP contribution in [-0.2, 0) is 11.3 Å². The smallest absolute Gasteiger partial charge is 0.253 e. The third-order valence-corrected chi connectivity index (χ3v) is 6.35. The number of hydrogen-bond acceptors (Lipinski definition) is 4. The number of aryl methyl sites for hydroxylation is 3. The lowest BCUT2D eigenvalue weighted by Crippen LogP contribution is -2.44. The summed E-state index contributed by atoms with van der Waals surface area (Å²) in [6.07, 6.45) is 2.31. The topological polar surface area (TPSA) is 66.7 Å². The highest BCUT2D eigenvalue weighted by molar-refractivity contribution is 5.94. The highest BCUT2D eigenvalue weighted by Gasteiger charge is 2.45. The van der Waals surface area contributed by atoms with Gasteiger partial charge in [0.15, 0.2) is 0 Å². The van der Waals surface area contributed by atoms with Gasteiger partial charge < -0.3 is 14.3 Å². The van der Waals surface area contributed by atoms with Crippen LogP contribution in [-0.4, -0.2) is 46.4 Å². The van der Waals surface area contributed by atoms with Crippen LogP contribution in [0.25, 0.3) is 0 Å². The van der Waals surface area contributed by atoms with Crippen LogP contribution >= 0.6 is 0 Å². The van der Waals surface area contributed by atoms with Gasteiger partial charge in [0.2, 0.25) is 5.91 Å². The second-order valence-electron chi connectivity index (χ2n) is 8.39. The molecular formula is C22H27N3O3. The van der Waals surface area contributed by atoms with Gasteiger partial charge in [0.25, 0.3) is 5.91 Å². The zero-order valence-electron chi connectivity index (χ0n) is 16.8. The molecule has 0 aliphatic carbocycles. The molecular weight excluding hydrogens is 354 g/mol. The minimum Gasteiger partial charge on any atom is -0.361 e. The first kappa shape index (κ1) is 18.7. The molecule has 0 radical (unpaired) electrons. The van der Waals surface area contributed by atoms with Gasteiger partial charge in [-0.25, -0.2) is 0 Å². The minimum atomic E-state index is -0.0138. The van der Waals surface area contributed by atoms with Crippen molar-refractivity contribution in [3.63, 3.8) is 0 Å². The number of hydrogen-bond donors (Lipinski definition) is 0. The van der Waals surface area contributed by atoms with E-state index in [0.717, 1.165) is 47.5 Å². The molecule has 0 unspecified atom stereocenters. The summed E-state index contributed by atoms with van der Waals surface area (Å²) in [7, 11) is 0. The van der Waals surface area contributed by atoms with Gasteiger partial charge in [0.1, 0.15) is 5.76 Å². The summed E-state index contributed by atoms with van der Waals surface area (Å²) in [5.41, 5.74) is 3.74. The van der Waals surface area contributed by atoms with E-state index in [2.05, 4.69) is 5.16 Å². The first-order valence-electron chi connectivity index (χ1n) is 9.92. The highest BCUT2D eigenvalue weighted by atomic mass is 16.5. The largest absolute Gasteiger partial charge is 0.361 e. The van der Waals surface area contributed by atoms with E-state index < -0.39 is 0 Å². The van der Waals surface area contributed by atoms with E-state index in [-0.39, 0.29) is 17.2 Å². The van der Waals surface area contributed by atoms with Crippen LogP contribution in [0.4, 0.5) is 0 Å². The van der Waals surface area contributed by atoms with Gasteiger partial charge in [-0.2, -0.15) is 0 Å². The van der Waals surface area contributed by atoms with E-state index in [9.17, 15) is 9.59 Å². The number of carbonyl (C=O) groups is 2. The summed E-state index contributed by atoms with van der Waals surface area (Å²) in [4.78, 5) is 29.3. The molecule has 1 aromatic carbocycles. The van der Waals surface area contributed by atoms with Crippen molar-refractivity contribution in [3.05, 3.63) is 52.4 Å². The summed E-state index contributed by atoms with van der Waals surface area (Å²) < 4.78 is 5.24. The van der Waals surface area contributed by atoms with Gasteiger partial charge in [-0.3, -0.25) is 9.59 Å². The fourth-order valence-electron chi connectivity index (χ4n) is 4.44. The zero-order valence-corrected chi connectivity index (χ0v) is 16.8. The molecule has 3 heterocycles. The summed E-state index contributed by atoms with van der Waals surface area (Å²) in [6, 6.07) is 7.74. The Bertz CT molecular complexity index is 873. The molecule has 0 atom stereocenters. The molecule has 1 aromatic heterocycles. The van der Waals surface area contributed by atoms with Crippen molar-refractivity contribution in [2.75, 3.05) is 19.6 Å². The van der Waals surface area contributed by atoms with Gasteiger partial charge in [-0.1, -0.05) is 22.9 Å². The predicted molar refractivity (Wildman–Crippen MR) is 105 cm³/mol. The van der Waals surface area contributed by atoms with E-state index in [0.29, 0.717) is 26.1 Å². The molecule has 2 amide bonds. The van der Waals surface area contributed by atoms with Gasteiger partial charge in [0.05, 0.1) is 12.2 Å². The maximum atomic E-state index is 12.8. The van der Waals surface area contributed by atoms with Crippen molar-refractivity contribution in [2.24, 2.45) is 5.41 Å². The van der Waals surface area contributed by atoms with Crippen LogP contribution < -0.4 is 0 Å². The summed E-state index contributed by atoms with van der Waals surface area (Å²) in [5, 5.41) is 3.99. The number of piperidine rings is 1. The zero-order chi connectivity index (χ0) is 19.9. The average Bonchev–Trinajstić information content (AvgIpc) is 3.16. The second kappa shape index (κ2) is 7.08. The SMILES string of the molecule is Cc1ccc(C(=O)N2CCC3(CC2)CC(=O)N(Cc2c(C)noc2C)C3)cc1. The van der Waals surface area contributed by atoms with Crippen LogP contribution in [0.5, 0.6) is 0 Å². The molecule has 6 nitrogen and oxygen atoms in total. The predicted octanol–water partition coefficient (Wildman–Crippen LogP) is 3.25. The Morgan fingerprint density at radius 2 is 1.82 bits per heavy atom. The lowest BCUT2D eigenvalue weighted by Gasteiger charge is -2.38. The molecule has 0 saturated carbocycles.